The van der Waals surface area contributed by atoms with Gasteiger partial charge in [-0.2, -0.15) is 0 Å². The van der Waals surface area contributed by atoms with Crippen molar-refractivity contribution in [2.45, 2.75) is 33.1 Å². The van der Waals surface area contributed by atoms with Crippen LogP contribution in [0.25, 0.3) is 0 Å². The van der Waals surface area contributed by atoms with E-state index in [9.17, 15) is 0 Å². The molecule has 0 aromatic heterocycles. The fraction of sp³-hybridized carbons (Fsp3) is 0.391. The van der Waals surface area contributed by atoms with Crippen molar-refractivity contribution in [2.24, 2.45) is 10.9 Å². The third-order valence-electron chi connectivity index (χ3n) is 5.44. The molecule has 0 bridgehead atoms. The van der Waals surface area contributed by atoms with Crippen molar-refractivity contribution in [3.63, 3.8) is 0 Å². The highest BCUT2D eigenvalue weighted by molar-refractivity contribution is 6.05. The number of rotatable bonds is 5. The van der Waals surface area contributed by atoms with Gasteiger partial charge in [0.1, 0.15) is 24.2 Å². The average Bonchev–Trinajstić information content (AvgIpc) is 2.84. The van der Waals surface area contributed by atoms with Crippen LogP contribution in [-0.4, -0.2) is 37.8 Å². The highest BCUT2D eigenvalue weighted by atomic mass is 16.5. The Morgan fingerprint density at radius 2 is 1.81 bits per heavy atom. The first-order chi connectivity index (χ1) is 12.8. The number of methoxy groups -OCH3 is 2. The Morgan fingerprint density at radius 1 is 1.07 bits per heavy atom. The maximum absolute atomic E-state index is 5.44. The van der Waals surface area contributed by atoms with E-state index >= 15 is 0 Å². The molecule has 27 heavy (non-hydrogen) atoms. The monoisotopic (exact) mass is 365 g/mol. The Balaban J connectivity index is 1.96. The van der Waals surface area contributed by atoms with Crippen LogP contribution in [0.5, 0.6) is 11.5 Å². The molecule has 1 unspecified atom stereocenters. The van der Waals surface area contributed by atoms with E-state index in [0.29, 0.717) is 0 Å². The molecule has 0 aliphatic carbocycles. The molecule has 4 heteroatoms. The third kappa shape index (κ3) is 3.36. The molecular formula is C23H29N2O2+. The van der Waals surface area contributed by atoms with Crippen molar-refractivity contribution in [2.75, 3.05) is 21.3 Å². The van der Waals surface area contributed by atoms with Crippen molar-refractivity contribution in [1.29, 1.82) is 0 Å². The number of ether oxygens (including phenoxy) is 2. The van der Waals surface area contributed by atoms with Crippen molar-refractivity contribution in [1.82, 2.24) is 0 Å². The lowest BCUT2D eigenvalue weighted by Crippen LogP contribution is -2.34. The molecule has 1 aliphatic rings. The molecule has 1 aliphatic heterocycles. The molecule has 4 nitrogen and oxygen atoms in total. The molecule has 1 heterocycles. The summed E-state index contributed by atoms with van der Waals surface area (Å²) >= 11 is 0. The van der Waals surface area contributed by atoms with Gasteiger partial charge in [-0.15, -0.1) is 0 Å². The molecular weight excluding hydrogens is 336 g/mol. The van der Waals surface area contributed by atoms with Crippen LogP contribution >= 0.6 is 0 Å². The van der Waals surface area contributed by atoms with E-state index in [2.05, 4.69) is 57.5 Å². The van der Waals surface area contributed by atoms with Gasteiger partial charge in [0.05, 0.1) is 25.6 Å². The fourth-order valence-corrected chi connectivity index (χ4v) is 4.16. The van der Waals surface area contributed by atoms with E-state index < -0.39 is 0 Å². The summed E-state index contributed by atoms with van der Waals surface area (Å²) in [5, 5.41) is 0. The number of hydrogen-bond acceptors (Lipinski definition) is 3. The second-order valence-corrected chi connectivity index (χ2v) is 7.69. The lowest BCUT2D eigenvalue weighted by Gasteiger charge is -2.20. The van der Waals surface area contributed by atoms with Gasteiger partial charge in [0.25, 0.3) is 0 Å². The largest absolute Gasteiger partial charge is 0.497 e. The first-order valence-electron chi connectivity index (χ1n) is 9.28. The molecule has 0 saturated carbocycles. The maximum atomic E-state index is 5.44. The van der Waals surface area contributed by atoms with Crippen molar-refractivity contribution < 1.29 is 14.0 Å². The fourth-order valence-electron chi connectivity index (χ4n) is 4.16. The first-order valence-corrected chi connectivity index (χ1v) is 9.28. The van der Waals surface area contributed by atoms with Crippen LogP contribution in [0.4, 0.5) is 11.4 Å². The number of benzene rings is 2. The van der Waals surface area contributed by atoms with Gasteiger partial charge in [0.2, 0.25) is 5.69 Å². The van der Waals surface area contributed by atoms with Crippen LogP contribution in [0.3, 0.4) is 0 Å². The van der Waals surface area contributed by atoms with Crippen molar-refractivity contribution >= 4 is 23.3 Å². The molecule has 2 aromatic rings. The molecule has 3 rings (SSSR count). The Morgan fingerprint density at radius 3 is 2.48 bits per heavy atom. The Labute approximate surface area is 162 Å². The lowest BCUT2D eigenvalue weighted by atomic mass is 9.77. The van der Waals surface area contributed by atoms with Gasteiger partial charge in [-0.3, -0.25) is 4.99 Å². The first kappa shape index (κ1) is 19.2. The van der Waals surface area contributed by atoms with Crippen LogP contribution in [-0.2, 0) is 5.41 Å². The quantitative estimate of drug-likeness (QED) is 0.548. The minimum Gasteiger partial charge on any atom is -0.497 e. The molecule has 2 aromatic carbocycles. The predicted octanol–water partition coefficient (Wildman–Crippen LogP) is 5.06. The van der Waals surface area contributed by atoms with Gasteiger partial charge in [-0.25, -0.2) is 4.58 Å². The summed E-state index contributed by atoms with van der Waals surface area (Å²) in [6, 6.07) is 12.3. The Bertz CT molecular complexity index is 926. The van der Waals surface area contributed by atoms with Crippen LogP contribution in [0, 0.1) is 12.8 Å². The van der Waals surface area contributed by atoms with E-state index in [-0.39, 0.29) is 11.3 Å². The van der Waals surface area contributed by atoms with E-state index in [4.69, 9.17) is 14.5 Å². The molecule has 0 N–H and O–H groups in total. The summed E-state index contributed by atoms with van der Waals surface area (Å²) in [4.78, 5) is 4.73. The van der Waals surface area contributed by atoms with Gasteiger partial charge < -0.3 is 9.47 Å². The van der Waals surface area contributed by atoms with Crippen LogP contribution in [0.15, 0.2) is 41.4 Å². The Kier molecular flexibility index (Phi) is 5.09. The number of hydrogen-bond donors (Lipinski definition) is 0. The van der Waals surface area contributed by atoms with Gasteiger partial charge >= 0.3 is 0 Å². The number of fused-ring (bicyclic) bond motifs is 1. The van der Waals surface area contributed by atoms with Gasteiger partial charge in [0.15, 0.2) is 5.71 Å². The maximum Gasteiger partial charge on any atom is 0.209 e. The lowest BCUT2D eigenvalue weighted by molar-refractivity contribution is -0.404. The van der Waals surface area contributed by atoms with Crippen LogP contribution < -0.4 is 9.47 Å². The molecule has 0 saturated heterocycles. The molecule has 0 amide bonds. The summed E-state index contributed by atoms with van der Waals surface area (Å²) in [7, 11) is 5.46. The smallest absolute Gasteiger partial charge is 0.209 e. The second-order valence-electron chi connectivity index (χ2n) is 7.69. The van der Waals surface area contributed by atoms with Gasteiger partial charge in [0, 0.05) is 23.9 Å². The SMILES string of the molecule is COc1ccc(OC)c(N=CC(C)C2=[N+](C)c3ccc(C)cc3C2(C)C)c1. The molecule has 1 atom stereocenters. The number of aliphatic imine (C=N–C) groups is 1. The van der Waals surface area contributed by atoms with Crippen molar-refractivity contribution in [3.8, 4) is 11.5 Å². The Hall–Kier alpha value is -2.62. The zero-order chi connectivity index (χ0) is 19.8. The standard InChI is InChI=1S/C23H29N2O2/c1-15-8-10-20-18(12-15)23(3,4)22(25(20)5)16(2)14-24-19-13-17(26-6)9-11-21(19)27-7/h8-14,16H,1-7H3/q+1. The minimum absolute atomic E-state index is 0.0417. The van der Waals surface area contributed by atoms with Crippen LogP contribution in [0.2, 0.25) is 0 Å². The molecule has 142 valence electrons. The minimum atomic E-state index is -0.0417. The summed E-state index contributed by atoms with van der Waals surface area (Å²) in [5.74, 6) is 1.68. The molecule has 0 fully saturated rings. The van der Waals surface area contributed by atoms with Crippen LogP contribution in [0.1, 0.15) is 31.9 Å². The topological polar surface area (TPSA) is 33.8 Å². The number of nitrogens with zero attached hydrogens (tertiary/aromatic N) is 2. The summed E-state index contributed by atoms with van der Waals surface area (Å²) in [5.41, 5.74) is 6.02. The third-order valence-corrected chi connectivity index (χ3v) is 5.44. The van der Waals surface area contributed by atoms with Crippen molar-refractivity contribution in [3.05, 3.63) is 47.5 Å². The molecule has 0 spiro atoms. The zero-order valence-corrected chi connectivity index (χ0v) is 17.3. The van der Waals surface area contributed by atoms with Gasteiger partial charge in [-0.1, -0.05) is 11.6 Å². The highest BCUT2D eigenvalue weighted by Gasteiger charge is 2.46. The zero-order valence-electron chi connectivity index (χ0n) is 17.3. The second kappa shape index (κ2) is 7.18. The van der Waals surface area contributed by atoms with E-state index in [1.54, 1.807) is 14.2 Å². The highest BCUT2D eigenvalue weighted by Crippen LogP contribution is 2.41. The van der Waals surface area contributed by atoms with E-state index in [0.717, 1.165) is 17.2 Å². The predicted molar refractivity (Wildman–Crippen MR) is 112 cm³/mol. The summed E-state index contributed by atoms with van der Waals surface area (Å²) < 4.78 is 13.1. The summed E-state index contributed by atoms with van der Waals surface area (Å²) in [6.07, 6.45) is 2.00. The average molecular weight is 365 g/mol. The van der Waals surface area contributed by atoms with E-state index in [1.807, 2.05) is 24.4 Å². The normalized spacial score (nSPS) is 16.6. The van der Waals surface area contributed by atoms with Gasteiger partial charge in [-0.05, 0) is 45.9 Å². The summed E-state index contributed by atoms with van der Waals surface area (Å²) in [6.45, 7) is 8.93. The molecule has 0 radical (unpaired) electrons. The number of aryl methyl sites for hydroxylation is 1. The van der Waals surface area contributed by atoms with E-state index in [1.165, 1.54) is 22.5 Å².